The van der Waals surface area contributed by atoms with E-state index in [2.05, 4.69) is 15.0 Å². The smallest absolute Gasteiger partial charge is 0.225 e. The minimum atomic E-state index is -2.41. The molecule has 1 unspecified atom stereocenters. The molecule has 0 aliphatic heterocycles. The molecule has 0 saturated carbocycles. The van der Waals surface area contributed by atoms with Crippen molar-refractivity contribution in [3.63, 3.8) is 0 Å². The number of hydrogen-bond acceptors (Lipinski definition) is 4. The van der Waals surface area contributed by atoms with Crippen LogP contribution < -0.4 is 5.57 Å². The van der Waals surface area contributed by atoms with Gasteiger partial charge in [0.2, 0.25) is 0 Å². The second-order valence-corrected chi connectivity index (χ2v) is 2.16. The predicted octanol–water partition coefficient (Wildman–Crippen LogP) is -0.768. The van der Waals surface area contributed by atoms with E-state index in [1.165, 1.54) is 12.7 Å². The highest BCUT2D eigenvalue weighted by molar-refractivity contribution is 7.46. The quantitative estimate of drug-likeness (QED) is 0.524. The monoisotopic (exact) mass is 144 g/mol. The lowest BCUT2D eigenvalue weighted by Gasteiger charge is -1.75. The third-order valence-electron chi connectivity index (χ3n) is 0.651. The van der Waals surface area contributed by atoms with Crippen LogP contribution >= 0.6 is 8.03 Å². The summed E-state index contributed by atoms with van der Waals surface area (Å²) in [4.78, 5) is 18.7. The molecular formula is C3H3N3O2P+. The fourth-order valence-corrected chi connectivity index (χ4v) is 0.633. The van der Waals surface area contributed by atoms with Crippen molar-refractivity contribution in [1.29, 1.82) is 0 Å². The van der Waals surface area contributed by atoms with Crippen LogP contribution in [0.3, 0.4) is 0 Å². The van der Waals surface area contributed by atoms with Crippen LogP contribution in [0, 0.1) is 0 Å². The highest BCUT2D eigenvalue weighted by Gasteiger charge is 2.18. The Kier molecular flexibility index (Phi) is 1.77. The zero-order valence-corrected chi connectivity index (χ0v) is 5.19. The second-order valence-electron chi connectivity index (χ2n) is 1.21. The zero-order chi connectivity index (χ0) is 6.69. The Balaban J connectivity index is 2.98. The number of rotatable bonds is 1. The van der Waals surface area contributed by atoms with E-state index in [0.29, 0.717) is 0 Å². The van der Waals surface area contributed by atoms with Crippen LogP contribution in [-0.4, -0.2) is 19.8 Å². The molecule has 46 valence electrons. The summed E-state index contributed by atoms with van der Waals surface area (Å²) in [7, 11) is -2.41. The lowest BCUT2D eigenvalue weighted by Crippen LogP contribution is -2.06. The average molecular weight is 144 g/mol. The largest absolute Gasteiger partial charge is 0.588 e. The molecule has 6 heteroatoms. The molecule has 1 N–H and O–H groups in total. The van der Waals surface area contributed by atoms with Gasteiger partial charge in [-0.1, -0.05) is 0 Å². The van der Waals surface area contributed by atoms with Crippen LogP contribution in [0.5, 0.6) is 0 Å². The standard InChI is InChI=1S/C3H2N3O2P/c7-9(8)3-5-1-4-2-6-3/h1-2H/p+1. The molecule has 0 aliphatic rings. The molecule has 1 atom stereocenters. The van der Waals surface area contributed by atoms with Crippen LogP contribution in [0.15, 0.2) is 12.7 Å². The van der Waals surface area contributed by atoms with Gasteiger partial charge in [-0.2, -0.15) is 14.9 Å². The van der Waals surface area contributed by atoms with Crippen molar-refractivity contribution < 1.29 is 9.46 Å². The van der Waals surface area contributed by atoms with Crippen molar-refractivity contribution in [2.75, 3.05) is 0 Å². The fourth-order valence-electron chi connectivity index (χ4n) is 0.332. The van der Waals surface area contributed by atoms with Gasteiger partial charge in [-0.15, -0.1) is 0 Å². The first-order valence-corrected chi connectivity index (χ1v) is 3.30. The third-order valence-corrected chi connectivity index (χ3v) is 1.22. The molecule has 0 aromatic carbocycles. The summed E-state index contributed by atoms with van der Waals surface area (Å²) in [6.45, 7) is 0. The summed E-state index contributed by atoms with van der Waals surface area (Å²) >= 11 is 0. The number of aromatic nitrogens is 3. The maximum absolute atomic E-state index is 10.2. The Bertz CT molecular complexity index is 214. The summed E-state index contributed by atoms with van der Waals surface area (Å²) in [5, 5.41) is 0. The molecule has 1 aromatic rings. The molecule has 0 saturated heterocycles. The Labute approximate surface area is 51.7 Å². The van der Waals surface area contributed by atoms with Gasteiger partial charge in [-0.3, -0.25) is 0 Å². The molecule has 1 rings (SSSR count). The number of nitrogens with zero attached hydrogens (tertiary/aromatic N) is 3. The topological polar surface area (TPSA) is 76.0 Å². The molecule has 0 radical (unpaired) electrons. The Hall–Kier alpha value is -0.930. The molecule has 0 fully saturated rings. The van der Waals surface area contributed by atoms with Crippen LogP contribution in [-0.2, 0) is 4.57 Å². The van der Waals surface area contributed by atoms with E-state index in [-0.39, 0.29) is 5.57 Å². The Morgan fingerprint density at radius 3 is 2.33 bits per heavy atom. The molecular weight excluding hydrogens is 141 g/mol. The van der Waals surface area contributed by atoms with Gasteiger partial charge >= 0.3 is 13.6 Å². The van der Waals surface area contributed by atoms with Gasteiger partial charge in [0.15, 0.2) is 0 Å². The Morgan fingerprint density at radius 1 is 1.44 bits per heavy atom. The maximum atomic E-state index is 10.2. The van der Waals surface area contributed by atoms with E-state index in [1.54, 1.807) is 0 Å². The van der Waals surface area contributed by atoms with Gasteiger partial charge in [0.05, 0.1) is 0 Å². The van der Waals surface area contributed by atoms with Crippen molar-refractivity contribution in [3.05, 3.63) is 12.7 Å². The maximum Gasteiger partial charge on any atom is 0.588 e. The second kappa shape index (κ2) is 2.57. The van der Waals surface area contributed by atoms with Crippen LogP contribution in [0.1, 0.15) is 0 Å². The van der Waals surface area contributed by atoms with Crippen molar-refractivity contribution >= 4 is 13.6 Å². The number of hydrogen-bond donors (Lipinski definition) is 1. The highest BCUT2D eigenvalue weighted by Crippen LogP contribution is 2.05. The van der Waals surface area contributed by atoms with Crippen molar-refractivity contribution in [1.82, 2.24) is 15.0 Å². The van der Waals surface area contributed by atoms with E-state index >= 15 is 0 Å². The fraction of sp³-hybridized carbons (Fsp3) is 0. The SMILES string of the molecule is O=[P+](O)c1ncncn1. The molecule has 9 heavy (non-hydrogen) atoms. The minimum Gasteiger partial charge on any atom is -0.225 e. The molecule has 0 amide bonds. The van der Waals surface area contributed by atoms with Gasteiger partial charge in [-0.05, 0) is 4.57 Å². The van der Waals surface area contributed by atoms with Gasteiger partial charge < -0.3 is 0 Å². The van der Waals surface area contributed by atoms with E-state index in [1.807, 2.05) is 0 Å². The average Bonchev–Trinajstić information content (AvgIpc) is 1.90. The van der Waals surface area contributed by atoms with Crippen molar-refractivity contribution in [2.24, 2.45) is 0 Å². The molecule has 0 aliphatic carbocycles. The van der Waals surface area contributed by atoms with Crippen LogP contribution in [0.2, 0.25) is 0 Å². The summed E-state index contributed by atoms with van der Waals surface area (Å²) in [5.41, 5.74) is -0.0833. The van der Waals surface area contributed by atoms with E-state index in [4.69, 9.17) is 4.89 Å². The van der Waals surface area contributed by atoms with Crippen LogP contribution in [0.25, 0.3) is 0 Å². The normalized spacial score (nSPS) is 11.0. The molecule has 0 bridgehead atoms. The highest BCUT2D eigenvalue weighted by atomic mass is 31.1. The van der Waals surface area contributed by atoms with Gasteiger partial charge in [0.1, 0.15) is 12.7 Å². The third kappa shape index (κ3) is 1.48. The predicted molar refractivity (Wildman–Crippen MR) is 29.3 cm³/mol. The molecule has 0 spiro atoms. The van der Waals surface area contributed by atoms with E-state index in [0.717, 1.165) is 0 Å². The van der Waals surface area contributed by atoms with Gasteiger partial charge in [-0.25, -0.2) is 4.98 Å². The zero-order valence-electron chi connectivity index (χ0n) is 4.30. The van der Waals surface area contributed by atoms with E-state index < -0.39 is 8.03 Å². The van der Waals surface area contributed by atoms with Crippen molar-refractivity contribution in [2.45, 2.75) is 0 Å². The van der Waals surface area contributed by atoms with Crippen LogP contribution in [0.4, 0.5) is 0 Å². The first-order chi connectivity index (χ1) is 4.30. The summed E-state index contributed by atoms with van der Waals surface area (Å²) < 4.78 is 10.2. The van der Waals surface area contributed by atoms with Crippen molar-refractivity contribution in [3.8, 4) is 0 Å². The molecule has 1 heterocycles. The minimum absolute atomic E-state index is 0.0833. The summed E-state index contributed by atoms with van der Waals surface area (Å²) in [6.07, 6.45) is 2.34. The summed E-state index contributed by atoms with van der Waals surface area (Å²) in [6, 6.07) is 0. The Morgan fingerprint density at radius 2 is 2.00 bits per heavy atom. The first kappa shape index (κ1) is 6.19. The molecule has 5 nitrogen and oxygen atoms in total. The summed E-state index contributed by atoms with van der Waals surface area (Å²) in [5.74, 6) is 0. The first-order valence-electron chi connectivity index (χ1n) is 2.09. The van der Waals surface area contributed by atoms with Gasteiger partial charge in [0.25, 0.3) is 0 Å². The lowest BCUT2D eigenvalue weighted by molar-refractivity contribution is 0.511. The molecule has 1 aromatic heterocycles. The van der Waals surface area contributed by atoms with Gasteiger partial charge in [0, 0.05) is 0 Å². The van der Waals surface area contributed by atoms with E-state index in [9.17, 15) is 4.57 Å². The lowest BCUT2D eigenvalue weighted by atomic mass is 11.1.